The molecule has 7 nitrogen and oxygen atoms in total. The maximum atomic E-state index is 13.9. The van der Waals surface area contributed by atoms with Crippen LogP contribution in [0.15, 0.2) is 41.0 Å². The van der Waals surface area contributed by atoms with Gasteiger partial charge < -0.3 is 14.2 Å². The number of benzene rings is 2. The van der Waals surface area contributed by atoms with E-state index in [0.717, 1.165) is 0 Å². The number of nitrogens with zero attached hydrogens (tertiary/aromatic N) is 3. The lowest BCUT2D eigenvalue weighted by Crippen LogP contribution is -2.17. The second kappa shape index (κ2) is 9.52. The maximum Gasteiger partial charge on any atom is 0.387 e. The first kappa shape index (κ1) is 23.2. The Balaban J connectivity index is 1.79. The Bertz CT molecular complexity index is 1280. The number of ether oxygens (including phenoxy) is 3. The molecular weight excluding hydrogens is 459 g/mol. The van der Waals surface area contributed by atoms with E-state index >= 15 is 0 Å². The second-order valence-corrected chi connectivity index (χ2v) is 10.4. The van der Waals surface area contributed by atoms with E-state index in [4.69, 9.17) is 14.2 Å². The topological polar surface area (TPSA) is 82.9 Å². The number of hydrogen-bond acceptors (Lipinski definition) is 7. The molecule has 1 atom stereocenters. The van der Waals surface area contributed by atoms with Crippen molar-refractivity contribution in [1.82, 2.24) is 9.97 Å². The number of fused-ring (bicyclic) bond motifs is 1. The second-order valence-electron chi connectivity index (χ2n) is 7.84. The van der Waals surface area contributed by atoms with Crippen molar-refractivity contribution in [2.45, 2.75) is 25.6 Å². The normalized spacial score (nSPS) is 16.4. The summed E-state index contributed by atoms with van der Waals surface area (Å²) in [5.74, 6) is -0.317. The van der Waals surface area contributed by atoms with E-state index in [2.05, 4.69) is 14.3 Å². The molecule has 11 heteroatoms. The Kier molecular flexibility index (Phi) is 6.71. The molecule has 1 saturated heterocycles. The van der Waals surface area contributed by atoms with Crippen molar-refractivity contribution in [2.24, 2.45) is 4.36 Å². The van der Waals surface area contributed by atoms with Crippen LogP contribution in [0.5, 0.6) is 11.5 Å². The molecular formula is C22H22F3N3O4S. The number of hydrogen-bond donors (Lipinski definition) is 0. The van der Waals surface area contributed by atoms with Crippen LogP contribution in [0.25, 0.3) is 10.9 Å². The Morgan fingerprint density at radius 2 is 2.03 bits per heavy atom. The minimum atomic E-state index is -3.10. The van der Waals surface area contributed by atoms with Crippen molar-refractivity contribution >= 4 is 26.3 Å². The summed E-state index contributed by atoms with van der Waals surface area (Å²) in [5.41, 5.74) is 1.50. The predicted molar refractivity (Wildman–Crippen MR) is 117 cm³/mol. The smallest absolute Gasteiger partial charge is 0.387 e. The molecule has 1 aromatic heterocycles. The third-order valence-electron chi connectivity index (χ3n) is 4.88. The zero-order chi connectivity index (χ0) is 23.6. The van der Waals surface area contributed by atoms with Gasteiger partial charge in [0, 0.05) is 52.8 Å². The van der Waals surface area contributed by atoms with Gasteiger partial charge in [0.1, 0.15) is 29.7 Å². The number of aromatic nitrogens is 2. The van der Waals surface area contributed by atoms with Gasteiger partial charge in [-0.15, -0.1) is 0 Å². The first-order valence-corrected chi connectivity index (χ1v) is 12.4. The van der Waals surface area contributed by atoms with E-state index in [1.807, 2.05) is 0 Å². The summed E-state index contributed by atoms with van der Waals surface area (Å²) in [6, 6.07) is 6.96. The molecule has 0 saturated carbocycles. The van der Waals surface area contributed by atoms with Crippen molar-refractivity contribution in [1.29, 1.82) is 0 Å². The van der Waals surface area contributed by atoms with Gasteiger partial charge in [-0.2, -0.15) is 13.1 Å². The van der Waals surface area contributed by atoms with Crippen molar-refractivity contribution in [3.8, 4) is 11.5 Å². The fourth-order valence-electron chi connectivity index (χ4n) is 3.58. The molecule has 0 N–H and O–H groups in total. The molecule has 1 fully saturated rings. The maximum absolute atomic E-state index is 13.9. The fraction of sp³-hybridized carbons (Fsp3) is 0.364. The van der Waals surface area contributed by atoms with Crippen LogP contribution in [-0.4, -0.2) is 52.6 Å². The Morgan fingerprint density at radius 3 is 2.73 bits per heavy atom. The van der Waals surface area contributed by atoms with E-state index in [0.29, 0.717) is 42.2 Å². The first-order chi connectivity index (χ1) is 15.7. The lowest BCUT2D eigenvalue weighted by Gasteiger charge is -2.17. The quantitative estimate of drug-likeness (QED) is 0.495. The third kappa shape index (κ3) is 5.91. The Hall–Kier alpha value is -2.92. The predicted octanol–water partition coefficient (Wildman–Crippen LogP) is 4.49. The highest BCUT2D eigenvalue weighted by molar-refractivity contribution is 7.92. The van der Waals surface area contributed by atoms with Crippen molar-refractivity contribution in [3.63, 3.8) is 0 Å². The highest BCUT2D eigenvalue weighted by atomic mass is 32.2. The van der Waals surface area contributed by atoms with Crippen LogP contribution in [0.3, 0.4) is 0 Å². The van der Waals surface area contributed by atoms with Crippen LogP contribution >= 0.6 is 0 Å². The molecule has 0 unspecified atom stereocenters. The van der Waals surface area contributed by atoms with Crippen LogP contribution in [0.4, 0.5) is 18.9 Å². The van der Waals surface area contributed by atoms with Crippen LogP contribution in [0.2, 0.25) is 0 Å². The molecule has 33 heavy (non-hydrogen) atoms. The Morgan fingerprint density at radius 1 is 1.21 bits per heavy atom. The molecule has 176 valence electrons. The van der Waals surface area contributed by atoms with Gasteiger partial charge in [0.25, 0.3) is 0 Å². The van der Waals surface area contributed by atoms with Gasteiger partial charge in [0.15, 0.2) is 0 Å². The van der Waals surface area contributed by atoms with Gasteiger partial charge in [-0.3, -0.25) is 0 Å². The van der Waals surface area contributed by atoms with Crippen LogP contribution < -0.4 is 9.47 Å². The molecule has 1 aliphatic heterocycles. The molecule has 1 aliphatic rings. The summed E-state index contributed by atoms with van der Waals surface area (Å²) in [5, 5.41) is 0.259. The van der Waals surface area contributed by atoms with Gasteiger partial charge in [0.2, 0.25) is 0 Å². The van der Waals surface area contributed by atoms with Crippen LogP contribution in [0, 0.1) is 5.82 Å². The van der Waals surface area contributed by atoms with E-state index in [1.54, 1.807) is 6.07 Å². The zero-order valence-electron chi connectivity index (χ0n) is 18.0. The van der Waals surface area contributed by atoms with Gasteiger partial charge in [-0.25, -0.2) is 18.6 Å². The van der Waals surface area contributed by atoms with Gasteiger partial charge in [-0.05, 0) is 12.1 Å². The highest BCUT2D eigenvalue weighted by Crippen LogP contribution is 2.35. The standard InChI is InChI=1S/C22H22F3N3O4S/c1-33(2,29)28-15-9-18-21(20(10-15)32-22(24)25)17(26-12-27-18)7-13-3-4-14(23)8-19(13)31-16-5-6-30-11-16/h3-4,8-10,12,16,22H,5-7,11H2,1-2H3/t16-/m0/s1. The number of halogens is 3. The molecule has 0 radical (unpaired) electrons. The average molecular weight is 481 g/mol. The Labute approximate surface area is 189 Å². The summed E-state index contributed by atoms with van der Waals surface area (Å²) in [4.78, 5) is 8.44. The average Bonchev–Trinajstić information content (AvgIpc) is 3.21. The van der Waals surface area contributed by atoms with Crippen molar-refractivity contribution in [2.75, 3.05) is 25.7 Å². The molecule has 0 bridgehead atoms. The van der Waals surface area contributed by atoms with Crippen LogP contribution in [0.1, 0.15) is 17.7 Å². The summed E-state index contributed by atoms with van der Waals surface area (Å²) in [6.07, 6.45) is 4.79. The minimum Gasteiger partial charge on any atom is -0.488 e. The lowest BCUT2D eigenvalue weighted by atomic mass is 10.0. The van der Waals surface area contributed by atoms with E-state index in [-0.39, 0.29) is 29.3 Å². The molecule has 2 heterocycles. The molecule has 0 aliphatic carbocycles. The summed E-state index contributed by atoms with van der Waals surface area (Å²) < 4.78 is 72.5. The van der Waals surface area contributed by atoms with Crippen LogP contribution in [-0.2, 0) is 20.9 Å². The number of alkyl halides is 2. The van der Waals surface area contributed by atoms with Crippen molar-refractivity contribution < 1.29 is 31.6 Å². The third-order valence-corrected chi connectivity index (χ3v) is 5.53. The molecule has 2 aromatic carbocycles. The SMILES string of the molecule is CS(C)(=O)=Nc1cc(OC(F)F)c2c(Cc3ccc(F)cc3O[C@H]3CCOC3)ncnc2c1. The van der Waals surface area contributed by atoms with Gasteiger partial charge >= 0.3 is 6.61 Å². The summed E-state index contributed by atoms with van der Waals surface area (Å²) in [7, 11) is -2.54. The van der Waals surface area contributed by atoms with Gasteiger partial charge in [0.05, 0.1) is 35.5 Å². The molecule has 3 aromatic rings. The highest BCUT2D eigenvalue weighted by Gasteiger charge is 2.21. The summed E-state index contributed by atoms with van der Waals surface area (Å²) >= 11 is 0. The van der Waals surface area contributed by atoms with Gasteiger partial charge in [-0.1, -0.05) is 6.07 Å². The zero-order valence-corrected chi connectivity index (χ0v) is 18.8. The lowest BCUT2D eigenvalue weighted by molar-refractivity contribution is -0.0487. The monoisotopic (exact) mass is 481 g/mol. The first-order valence-electron chi connectivity index (χ1n) is 10.1. The fourth-order valence-corrected chi connectivity index (χ4v) is 4.20. The molecule has 0 amide bonds. The van der Waals surface area contributed by atoms with E-state index < -0.39 is 22.2 Å². The minimum absolute atomic E-state index is 0.149. The van der Waals surface area contributed by atoms with E-state index in [1.165, 1.54) is 43.1 Å². The molecule has 4 rings (SSSR count). The van der Waals surface area contributed by atoms with E-state index in [9.17, 15) is 17.4 Å². The summed E-state index contributed by atoms with van der Waals surface area (Å²) in [6.45, 7) is -2.13. The van der Waals surface area contributed by atoms with Crippen molar-refractivity contribution in [3.05, 3.63) is 53.7 Å². The molecule has 0 spiro atoms. The number of rotatable bonds is 7. The largest absolute Gasteiger partial charge is 0.488 e.